The fourth-order valence-corrected chi connectivity index (χ4v) is 4.48. The molecule has 0 aromatic heterocycles. The van der Waals surface area contributed by atoms with E-state index in [9.17, 15) is 14.0 Å². The lowest BCUT2D eigenvalue weighted by Gasteiger charge is -2.37. The van der Waals surface area contributed by atoms with E-state index in [-0.39, 0.29) is 17.6 Å². The monoisotopic (exact) mass is 386 g/mol. The summed E-state index contributed by atoms with van der Waals surface area (Å²) < 4.78 is 13.4. The molecule has 2 heterocycles. The predicted molar refractivity (Wildman–Crippen MR) is 109 cm³/mol. The number of hydrogen-bond acceptors (Lipinski definition) is 3. The molecule has 5 heteroatoms. The summed E-state index contributed by atoms with van der Waals surface area (Å²) in [5.41, 5.74) is 1.56. The van der Waals surface area contributed by atoms with Crippen LogP contribution in [0.25, 0.3) is 5.57 Å². The third-order valence-corrected chi connectivity index (χ3v) is 5.70. The Labute approximate surface area is 167 Å². The van der Waals surface area contributed by atoms with Gasteiger partial charge < -0.3 is 4.90 Å². The number of likely N-dealkylation sites (tertiary alicyclic amines) is 1. The van der Waals surface area contributed by atoms with Crippen LogP contribution in [0.5, 0.6) is 0 Å². The number of rotatable bonds is 7. The first-order chi connectivity index (χ1) is 13.4. The number of benzene rings is 1. The van der Waals surface area contributed by atoms with E-state index in [1.807, 2.05) is 0 Å². The first-order valence-corrected chi connectivity index (χ1v) is 10.5. The molecule has 2 amide bonds. The van der Waals surface area contributed by atoms with E-state index in [1.54, 1.807) is 12.1 Å². The highest BCUT2D eigenvalue weighted by molar-refractivity contribution is 6.35. The van der Waals surface area contributed by atoms with Gasteiger partial charge in [0, 0.05) is 19.6 Å². The Hall–Kier alpha value is -2.17. The molecule has 0 saturated carbocycles. The Morgan fingerprint density at radius 2 is 1.61 bits per heavy atom. The van der Waals surface area contributed by atoms with Crippen molar-refractivity contribution in [2.45, 2.75) is 52.9 Å². The molecule has 2 unspecified atom stereocenters. The standard InChI is InChI=1S/C23H31FN2O2/c1-4-5-6-7-12-26-22(27)20(18-8-10-19(24)11-9-18)21(23(26)28)25-14-16(2)13-17(3)15-25/h8-11,16-17H,4-7,12-15H2,1-3H3. The van der Waals surface area contributed by atoms with Crippen LogP contribution in [0, 0.1) is 17.7 Å². The van der Waals surface area contributed by atoms with Gasteiger partial charge in [0.2, 0.25) is 0 Å². The summed E-state index contributed by atoms with van der Waals surface area (Å²) in [7, 11) is 0. The molecule has 0 bridgehead atoms. The van der Waals surface area contributed by atoms with E-state index in [2.05, 4.69) is 25.7 Å². The Kier molecular flexibility index (Phi) is 6.53. The minimum absolute atomic E-state index is 0.192. The molecule has 2 atom stereocenters. The van der Waals surface area contributed by atoms with E-state index in [0.29, 0.717) is 35.2 Å². The minimum atomic E-state index is -0.348. The van der Waals surface area contributed by atoms with Crippen molar-refractivity contribution in [3.8, 4) is 0 Å². The van der Waals surface area contributed by atoms with Gasteiger partial charge >= 0.3 is 0 Å². The molecule has 2 aliphatic rings. The second-order valence-corrected chi connectivity index (χ2v) is 8.40. The number of hydrogen-bond donors (Lipinski definition) is 0. The first kappa shape index (κ1) is 20.6. The average molecular weight is 387 g/mol. The molecule has 1 aromatic rings. The molecule has 0 radical (unpaired) electrons. The largest absolute Gasteiger partial charge is 0.366 e. The van der Waals surface area contributed by atoms with Crippen LogP contribution in [-0.4, -0.2) is 41.2 Å². The van der Waals surface area contributed by atoms with Crippen LogP contribution < -0.4 is 0 Å². The van der Waals surface area contributed by atoms with Crippen LogP contribution in [0.4, 0.5) is 4.39 Å². The summed E-state index contributed by atoms with van der Waals surface area (Å²) in [4.78, 5) is 30.0. The maximum atomic E-state index is 13.4. The van der Waals surface area contributed by atoms with Crippen molar-refractivity contribution >= 4 is 17.4 Å². The molecular weight excluding hydrogens is 355 g/mol. The smallest absolute Gasteiger partial charge is 0.277 e. The number of unbranched alkanes of at least 4 members (excludes halogenated alkanes) is 3. The maximum absolute atomic E-state index is 13.4. The number of imide groups is 1. The van der Waals surface area contributed by atoms with E-state index < -0.39 is 0 Å². The molecule has 1 aromatic carbocycles. The minimum Gasteiger partial charge on any atom is -0.366 e. The molecule has 28 heavy (non-hydrogen) atoms. The molecule has 0 aliphatic carbocycles. The lowest BCUT2D eigenvalue weighted by atomic mass is 9.91. The summed E-state index contributed by atoms with van der Waals surface area (Å²) in [5, 5.41) is 0. The Bertz CT molecular complexity index is 746. The number of carbonyl (C=O) groups excluding carboxylic acids is 2. The van der Waals surface area contributed by atoms with Gasteiger partial charge in [0.05, 0.1) is 5.57 Å². The average Bonchev–Trinajstić information content (AvgIpc) is 2.89. The molecule has 3 rings (SSSR count). The van der Waals surface area contributed by atoms with Crippen LogP contribution >= 0.6 is 0 Å². The number of piperidine rings is 1. The van der Waals surface area contributed by atoms with Crippen molar-refractivity contribution in [1.82, 2.24) is 9.80 Å². The first-order valence-electron chi connectivity index (χ1n) is 10.5. The van der Waals surface area contributed by atoms with Crippen molar-refractivity contribution in [3.63, 3.8) is 0 Å². The van der Waals surface area contributed by atoms with Crippen LogP contribution in [-0.2, 0) is 9.59 Å². The summed E-state index contributed by atoms with van der Waals surface area (Å²) in [6.07, 6.45) is 5.16. The van der Waals surface area contributed by atoms with Gasteiger partial charge in [0.25, 0.3) is 11.8 Å². The summed E-state index contributed by atoms with van der Waals surface area (Å²) in [6, 6.07) is 5.91. The lowest BCUT2D eigenvalue weighted by Crippen LogP contribution is -2.42. The van der Waals surface area contributed by atoms with Gasteiger partial charge in [-0.2, -0.15) is 0 Å². The number of amides is 2. The van der Waals surface area contributed by atoms with Crippen LogP contribution in [0.3, 0.4) is 0 Å². The maximum Gasteiger partial charge on any atom is 0.277 e. The summed E-state index contributed by atoms with van der Waals surface area (Å²) >= 11 is 0. The molecule has 1 fully saturated rings. The molecule has 0 spiro atoms. The van der Waals surface area contributed by atoms with Gasteiger partial charge in [-0.1, -0.05) is 52.2 Å². The zero-order valence-electron chi connectivity index (χ0n) is 17.2. The van der Waals surface area contributed by atoms with Crippen molar-refractivity contribution < 1.29 is 14.0 Å². The topological polar surface area (TPSA) is 40.6 Å². The van der Waals surface area contributed by atoms with Gasteiger partial charge in [-0.3, -0.25) is 14.5 Å². The van der Waals surface area contributed by atoms with Gasteiger partial charge in [-0.25, -0.2) is 4.39 Å². The molecule has 4 nitrogen and oxygen atoms in total. The zero-order valence-corrected chi connectivity index (χ0v) is 17.2. The van der Waals surface area contributed by atoms with Gasteiger partial charge in [0.15, 0.2) is 0 Å². The number of halogens is 1. The van der Waals surface area contributed by atoms with Crippen molar-refractivity contribution in [2.24, 2.45) is 11.8 Å². The third kappa shape index (κ3) is 4.29. The van der Waals surface area contributed by atoms with Crippen LogP contribution in [0.1, 0.15) is 58.4 Å². The predicted octanol–water partition coefficient (Wildman–Crippen LogP) is 4.46. The van der Waals surface area contributed by atoms with Gasteiger partial charge in [0.1, 0.15) is 11.5 Å². The highest BCUT2D eigenvalue weighted by Gasteiger charge is 2.42. The van der Waals surface area contributed by atoms with Crippen molar-refractivity contribution in [3.05, 3.63) is 41.3 Å². The third-order valence-electron chi connectivity index (χ3n) is 5.70. The fourth-order valence-electron chi connectivity index (χ4n) is 4.48. The number of nitrogens with zero attached hydrogens (tertiary/aromatic N) is 2. The molecule has 0 N–H and O–H groups in total. The Balaban J connectivity index is 1.94. The van der Waals surface area contributed by atoms with Gasteiger partial charge in [-0.15, -0.1) is 0 Å². The lowest BCUT2D eigenvalue weighted by molar-refractivity contribution is -0.137. The molecule has 2 aliphatic heterocycles. The van der Waals surface area contributed by atoms with Gasteiger partial charge in [-0.05, 0) is 42.4 Å². The van der Waals surface area contributed by atoms with Crippen LogP contribution in [0.2, 0.25) is 0 Å². The van der Waals surface area contributed by atoms with Crippen LogP contribution in [0.15, 0.2) is 30.0 Å². The highest BCUT2D eigenvalue weighted by atomic mass is 19.1. The Morgan fingerprint density at radius 3 is 2.21 bits per heavy atom. The highest BCUT2D eigenvalue weighted by Crippen LogP contribution is 2.35. The second kappa shape index (κ2) is 8.89. The SMILES string of the molecule is CCCCCCN1C(=O)C(c2ccc(F)cc2)=C(N2CC(C)CC(C)C2)C1=O. The van der Waals surface area contributed by atoms with E-state index >= 15 is 0 Å². The summed E-state index contributed by atoms with van der Waals surface area (Å²) in [5.74, 6) is 0.148. The Morgan fingerprint density at radius 1 is 0.964 bits per heavy atom. The summed E-state index contributed by atoms with van der Waals surface area (Å²) in [6.45, 7) is 8.50. The zero-order chi connectivity index (χ0) is 20.3. The number of carbonyl (C=O) groups is 2. The fraction of sp³-hybridized carbons (Fsp3) is 0.565. The quantitative estimate of drug-likeness (QED) is 0.513. The van der Waals surface area contributed by atoms with E-state index in [1.165, 1.54) is 17.0 Å². The normalized spacial score (nSPS) is 23.1. The van der Waals surface area contributed by atoms with Crippen molar-refractivity contribution in [2.75, 3.05) is 19.6 Å². The van der Waals surface area contributed by atoms with E-state index in [0.717, 1.165) is 45.2 Å². The van der Waals surface area contributed by atoms with Crippen molar-refractivity contribution in [1.29, 1.82) is 0 Å². The molecule has 152 valence electrons. The molecular formula is C23H31FN2O2. The molecule has 1 saturated heterocycles. The second-order valence-electron chi connectivity index (χ2n) is 8.40. The van der Waals surface area contributed by atoms with E-state index in [4.69, 9.17) is 0 Å².